The highest BCUT2D eigenvalue weighted by Crippen LogP contribution is 2.32. The van der Waals surface area contributed by atoms with Gasteiger partial charge in [0.1, 0.15) is 10.2 Å². The summed E-state index contributed by atoms with van der Waals surface area (Å²) in [4.78, 5) is 40.4. The molecule has 1 N–H and O–H groups in total. The monoisotopic (exact) mass is 382 g/mol. The van der Waals surface area contributed by atoms with Crippen LogP contribution in [0.25, 0.3) is 0 Å². The normalized spacial score (nSPS) is 10.2. The molecule has 0 unspecified atom stereocenters. The van der Waals surface area contributed by atoms with E-state index in [-0.39, 0.29) is 10.7 Å². The van der Waals surface area contributed by atoms with E-state index in [4.69, 9.17) is 21.1 Å². The highest BCUT2D eigenvalue weighted by atomic mass is 35.5. The van der Waals surface area contributed by atoms with E-state index in [1.54, 1.807) is 6.92 Å². The average Bonchev–Trinajstić information content (AvgIpc) is 2.86. The second-order valence-electron chi connectivity index (χ2n) is 4.95. The number of anilines is 1. The summed E-state index contributed by atoms with van der Waals surface area (Å²) in [5.74, 6) is -1.89. The zero-order chi connectivity index (χ0) is 18.6. The Morgan fingerprint density at radius 3 is 2.64 bits per heavy atom. The van der Waals surface area contributed by atoms with Gasteiger partial charge < -0.3 is 14.8 Å². The van der Waals surface area contributed by atoms with Crippen LogP contribution in [0.4, 0.5) is 5.00 Å². The number of thiophene rings is 1. The third-order valence-corrected chi connectivity index (χ3v) is 4.77. The van der Waals surface area contributed by atoms with Crippen molar-refractivity contribution in [3.05, 3.63) is 45.1 Å². The molecule has 0 saturated heterocycles. The van der Waals surface area contributed by atoms with Crippen LogP contribution < -0.4 is 5.32 Å². The van der Waals surface area contributed by atoms with E-state index >= 15 is 0 Å². The molecule has 0 atom stereocenters. The van der Waals surface area contributed by atoms with E-state index in [9.17, 15) is 14.4 Å². The number of nitrogens with one attached hydrogen (secondary N) is 1. The predicted molar refractivity (Wildman–Crippen MR) is 93.3 cm³/mol. The molecule has 2 rings (SSSR count). The number of aryl methyl sites for hydroxylation is 1. The minimum atomic E-state index is -0.764. The fraction of sp³-hybridized carbons (Fsp3) is 0.250. The molecule has 7 nitrogen and oxygen atoms in total. The van der Waals surface area contributed by atoms with E-state index in [2.05, 4.69) is 10.3 Å². The van der Waals surface area contributed by atoms with Gasteiger partial charge in [0.25, 0.3) is 5.91 Å². The van der Waals surface area contributed by atoms with Gasteiger partial charge in [-0.05, 0) is 31.5 Å². The average molecular weight is 383 g/mol. The number of hydrogen-bond acceptors (Lipinski definition) is 7. The summed E-state index contributed by atoms with van der Waals surface area (Å²) in [5, 5.41) is 2.90. The fourth-order valence-corrected chi connectivity index (χ4v) is 3.23. The Labute approximate surface area is 152 Å². The summed E-state index contributed by atoms with van der Waals surface area (Å²) in [6.07, 6.45) is 1.43. The second kappa shape index (κ2) is 8.09. The predicted octanol–water partition coefficient (Wildman–Crippen LogP) is 3.00. The number of pyridine rings is 1. The van der Waals surface area contributed by atoms with Gasteiger partial charge in [0.2, 0.25) is 0 Å². The van der Waals surface area contributed by atoms with Gasteiger partial charge >= 0.3 is 11.9 Å². The molecule has 9 heteroatoms. The Hall–Kier alpha value is -2.45. The van der Waals surface area contributed by atoms with Crippen molar-refractivity contribution in [1.82, 2.24) is 4.98 Å². The quantitative estimate of drug-likeness (QED) is 0.631. The number of nitrogens with zero attached hydrogens (tertiary/aromatic N) is 1. The summed E-state index contributed by atoms with van der Waals surface area (Å²) < 4.78 is 9.65. The molecule has 0 saturated carbocycles. The number of esters is 2. The van der Waals surface area contributed by atoms with Gasteiger partial charge in [0.15, 0.2) is 6.61 Å². The van der Waals surface area contributed by atoms with Gasteiger partial charge in [-0.1, -0.05) is 11.6 Å². The van der Waals surface area contributed by atoms with Gasteiger partial charge in [-0.2, -0.15) is 0 Å². The zero-order valence-corrected chi connectivity index (χ0v) is 15.3. The molecule has 132 valence electrons. The minimum Gasteiger partial charge on any atom is -0.465 e. The molecule has 0 aromatic carbocycles. The Morgan fingerprint density at radius 2 is 2.00 bits per heavy atom. The van der Waals surface area contributed by atoms with Crippen LogP contribution in [-0.2, 0) is 14.3 Å². The fourth-order valence-electron chi connectivity index (χ4n) is 1.97. The maximum Gasteiger partial charge on any atom is 0.341 e. The number of carbonyl (C=O) groups excluding carboxylic acids is 3. The lowest BCUT2D eigenvalue weighted by atomic mass is 10.1. The number of rotatable bonds is 5. The highest BCUT2D eigenvalue weighted by Gasteiger charge is 2.22. The number of methoxy groups -OCH3 is 1. The molecule has 0 aliphatic heterocycles. The lowest BCUT2D eigenvalue weighted by molar-refractivity contribution is -0.119. The molecule has 25 heavy (non-hydrogen) atoms. The minimum absolute atomic E-state index is 0.00890. The topological polar surface area (TPSA) is 94.6 Å². The SMILES string of the molecule is COC(=O)c1c(NC(=O)COC(=O)c2cccnc2Cl)sc(C)c1C. The van der Waals surface area contributed by atoms with Gasteiger partial charge in [-0.3, -0.25) is 4.79 Å². The number of carbonyl (C=O) groups is 3. The van der Waals surface area contributed by atoms with Gasteiger partial charge in [0, 0.05) is 11.1 Å². The van der Waals surface area contributed by atoms with Crippen LogP contribution in [0.1, 0.15) is 31.2 Å². The smallest absolute Gasteiger partial charge is 0.341 e. The third kappa shape index (κ3) is 4.34. The van der Waals surface area contributed by atoms with Gasteiger partial charge in [0.05, 0.1) is 18.2 Å². The van der Waals surface area contributed by atoms with E-state index < -0.39 is 24.5 Å². The molecule has 0 aliphatic rings. The number of hydrogen-bond donors (Lipinski definition) is 1. The molecule has 2 heterocycles. The molecule has 0 bridgehead atoms. The van der Waals surface area contributed by atoms with Crippen LogP contribution in [0.5, 0.6) is 0 Å². The van der Waals surface area contributed by atoms with E-state index in [1.165, 1.54) is 36.8 Å². The Kier molecular flexibility index (Phi) is 6.11. The van der Waals surface area contributed by atoms with Crippen molar-refractivity contribution in [3.63, 3.8) is 0 Å². The highest BCUT2D eigenvalue weighted by molar-refractivity contribution is 7.16. The van der Waals surface area contributed by atoms with Crippen molar-refractivity contribution in [1.29, 1.82) is 0 Å². The van der Waals surface area contributed by atoms with Gasteiger partial charge in [-0.15, -0.1) is 11.3 Å². The van der Waals surface area contributed by atoms with Crippen molar-refractivity contribution in [2.75, 3.05) is 19.0 Å². The molecule has 1 amide bonds. The summed E-state index contributed by atoms with van der Waals surface area (Å²) in [5.41, 5.74) is 1.08. The van der Waals surface area contributed by atoms with Crippen molar-refractivity contribution < 1.29 is 23.9 Å². The Morgan fingerprint density at radius 1 is 1.28 bits per heavy atom. The van der Waals surface area contributed by atoms with Crippen LogP contribution in [0, 0.1) is 13.8 Å². The van der Waals surface area contributed by atoms with Crippen LogP contribution in [0.2, 0.25) is 5.15 Å². The maximum absolute atomic E-state index is 12.0. The van der Waals surface area contributed by atoms with Gasteiger partial charge in [-0.25, -0.2) is 14.6 Å². The zero-order valence-electron chi connectivity index (χ0n) is 13.7. The Balaban J connectivity index is 2.04. The molecule has 2 aromatic heterocycles. The molecule has 0 radical (unpaired) electrons. The number of halogens is 1. The van der Waals surface area contributed by atoms with E-state index in [0.717, 1.165) is 10.4 Å². The first kappa shape index (κ1) is 18.9. The molecule has 2 aromatic rings. The van der Waals surface area contributed by atoms with Crippen LogP contribution in [0.3, 0.4) is 0 Å². The van der Waals surface area contributed by atoms with Crippen LogP contribution >= 0.6 is 22.9 Å². The van der Waals surface area contributed by atoms with Crippen LogP contribution in [-0.4, -0.2) is 36.5 Å². The molecule has 0 aliphatic carbocycles. The maximum atomic E-state index is 12.0. The Bertz CT molecular complexity index is 834. The second-order valence-corrected chi connectivity index (χ2v) is 6.53. The molecular weight excluding hydrogens is 368 g/mol. The summed E-state index contributed by atoms with van der Waals surface area (Å²) in [6.45, 7) is 3.06. The van der Waals surface area contributed by atoms with Crippen molar-refractivity contribution in [2.24, 2.45) is 0 Å². The first-order valence-electron chi connectivity index (χ1n) is 7.11. The molecule has 0 spiro atoms. The van der Waals surface area contributed by atoms with Crippen molar-refractivity contribution >= 4 is 45.8 Å². The van der Waals surface area contributed by atoms with Crippen molar-refractivity contribution in [3.8, 4) is 0 Å². The number of ether oxygens (including phenoxy) is 2. The first-order valence-corrected chi connectivity index (χ1v) is 8.30. The number of aromatic nitrogens is 1. The van der Waals surface area contributed by atoms with Crippen LogP contribution in [0.15, 0.2) is 18.3 Å². The van der Waals surface area contributed by atoms with E-state index in [1.807, 2.05) is 6.92 Å². The lowest BCUT2D eigenvalue weighted by Crippen LogP contribution is -2.21. The van der Waals surface area contributed by atoms with E-state index in [0.29, 0.717) is 10.6 Å². The van der Waals surface area contributed by atoms with Crippen molar-refractivity contribution in [2.45, 2.75) is 13.8 Å². The largest absolute Gasteiger partial charge is 0.465 e. The molecule has 0 fully saturated rings. The standard InChI is InChI=1S/C16H15ClN2O5S/c1-8-9(2)25-14(12(8)16(22)23-3)19-11(20)7-24-15(21)10-5-4-6-18-13(10)17/h4-6H,7H2,1-3H3,(H,19,20). The third-order valence-electron chi connectivity index (χ3n) is 3.34. The molecular formula is C16H15ClN2O5S. The summed E-state index contributed by atoms with van der Waals surface area (Å²) in [7, 11) is 1.26. The first-order chi connectivity index (χ1) is 11.8. The summed E-state index contributed by atoms with van der Waals surface area (Å²) in [6, 6.07) is 2.97. The lowest BCUT2D eigenvalue weighted by Gasteiger charge is -2.07. The number of amides is 1. The summed E-state index contributed by atoms with van der Waals surface area (Å²) >= 11 is 7.04.